The molecular weight excluding hydrogens is 212 g/mol. The number of hydrogen-bond acceptors (Lipinski definition) is 2. The highest BCUT2D eigenvalue weighted by Crippen LogP contribution is 2.65. The van der Waals surface area contributed by atoms with Gasteiger partial charge in [-0.3, -0.25) is 0 Å². The van der Waals surface area contributed by atoms with Crippen LogP contribution in [0.3, 0.4) is 0 Å². The van der Waals surface area contributed by atoms with Gasteiger partial charge >= 0.3 is 0 Å². The van der Waals surface area contributed by atoms with Gasteiger partial charge in [-0.25, -0.2) is 0 Å². The van der Waals surface area contributed by atoms with E-state index >= 15 is 0 Å². The van der Waals surface area contributed by atoms with Crippen molar-refractivity contribution in [3.8, 4) is 0 Å². The Labute approximate surface area is 105 Å². The van der Waals surface area contributed by atoms with Gasteiger partial charge in [-0.15, -0.1) is 0 Å². The fourth-order valence-corrected chi connectivity index (χ4v) is 4.26. The molecule has 2 aliphatic rings. The van der Waals surface area contributed by atoms with Gasteiger partial charge in [0, 0.05) is 6.61 Å². The molecule has 0 aromatic heterocycles. The van der Waals surface area contributed by atoms with Crippen molar-refractivity contribution in [2.75, 3.05) is 13.2 Å². The van der Waals surface area contributed by atoms with Crippen LogP contribution in [0, 0.1) is 29.1 Å². The van der Waals surface area contributed by atoms with Crippen molar-refractivity contribution < 1.29 is 10.2 Å². The number of rotatable bonds is 4. The maximum absolute atomic E-state index is 9.32. The lowest BCUT2D eigenvalue weighted by molar-refractivity contribution is -0.0631. The maximum Gasteiger partial charge on any atom is 0.0642 e. The fraction of sp³-hybridized carbons (Fsp3) is 0.867. The lowest BCUT2D eigenvalue weighted by Gasteiger charge is -2.57. The van der Waals surface area contributed by atoms with E-state index in [1.54, 1.807) is 0 Å². The minimum atomic E-state index is 0.0961. The molecule has 0 radical (unpaired) electrons. The van der Waals surface area contributed by atoms with E-state index in [0.29, 0.717) is 17.8 Å². The van der Waals surface area contributed by atoms with Crippen LogP contribution in [0.25, 0.3) is 0 Å². The third-order valence-corrected chi connectivity index (χ3v) is 5.34. The van der Waals surface area contributed by atoms with E-state index in [4.69, 9.17) is 5.11 Å². The predicted octanol–water partition coefficient (Wildman–Crippen LogP) is 2.61. The second-order valence-electron chi connectivity index (χ2n) is 6.54. The molecule has 2 nitrogen and oxygen atoms in total. The number of aliphatic hydroxyl groups is 2. The van der Waals surface area contributed by atoms with Gasteiger partial charge in [0.1, 0.15) is 0 Å². The van der Waals surface area contributed by atoms with Gasteiger partial charge in [0.2, 0.25) is 0 Å². The SMILES string of the molecule is C[C@@H]1CC[C@H]2[C@@H]1[C@H](/C=C(\CO)CCO)C2(C)C. The highest BCUT2D eigenvalue weighted by molar-refractivity contribution is 5.18. The van der Waals surface area contributed by atoms with E-state index in [1.807, 2.05) is 0 Å². The molecule has 0 bridgehead atoms. The molecule has 0 aromatic rings. The normalized spacial score (nSPS) is 39.9. The van der Waals surface area contributed by atoms with Gasteiger partial charge in [0.25, 0.3) is 0 Å². The molecule has 98 valence electrons. The molecule has 0 aromatic carbocycles. The zero-order chi connectivity index (χ0) is 12.6. The van der Waals surface area contributed by atoms with Gasteiger partial charge in [-0.2, -0.15) is 0 Å². The van der Waals surface area contributed by atoms with Crippen molar-refractivity contribution in [1.29, 1.82) is 0 Å². The van der Waals surface area contributed by atoms with Crippen LogP contribution in [0.4, 0.5) is 0 Å². The van der Waals surface area contributed by atoms with Crippen LogP contribution in [-0.2, 0) is 0 Å². The van der Waals surface area contributed by atoms with Gasteiger partial charge in [-0.05, 0) is 47.5 Å². The van der Waals surface area contributed by atoms with Crippen LogP contribution >= 0.6 is 0 Å². The van der Waals surface area contributed by atoms with Crippen molar-refractivity contribution in [2.45, 2.75) is 40.0 Å². The molecule has 2 fully saturated rings. The molecule has 0 spiro atoms. The summed E-state index contributed by atoms with van der Waals surface area (Å²) >= 11 is 0. The Hall–Kier alpha value is -0.340. The van der Waals surface area contributed by atoms with Crippen LogP contribution in [0.15, 0.2) is 11.6 Å². The minimum absolute atomic E-state index is 0.0961. The third-order valence-electron chi connectivity index (χ3n) is 5.34. The molecule has 0 amide bonds. The predicted molar refractivity (Wildman–Crippen MR) is 69.5 cm³/mol. The van der Waals surface area contributed by atoms with Gasteiger partial charge < -0.3 is 10.2 Å². The summed E-state index contributed by atoms with van der Waals surface area (Å²) in [6.45, 7) is 7.33. The number of aliphatic hydroxyl groups excluding tert-OH is 2. The quantitative estimate of drug-likeness (QED) is 0.739. The highest BCUT2D eigenvalue weighted by Gasteiger charge is 2.58. The topological polar surface area (TPSA) is 40.5 Å². The van der Waals surface area contributed by atoms with Gasteiger partial charge in [-0.1, -0.05) is 33.3 Å². The average molecular weight is 238 g/mol. The number of hydrogen-bond donors (Lipinski definition) is 2. The monoisotopic (exact) mass is 238 g/mol. The Morgan fingerprint density at radius 2 is 2.00 bits per heavy atom. The minimum Gasteiger partial charge on any atom is -0.396 e. The zero-order valence-electron chi connectivity index (χ0n) is 11.3. The van der Waals surface area contributed by atoms with E-state index in [0.717, 1.165) is 23.3 Å². The van der Waals surface area contributed by atoms with Crippen molar-refractivity contribution in [3.05, 3.63) is 11.6 Å². The lowest BCUT2D eigenvalue weighted by atomic mass is 9.48. The standard InChI is InChI=1S/C15H26O2/c1-10-4-5-12-14(10)13(15(12,2)3)8-11(9-17)6-7-16/h8,10,12-14,16-17H,4-7,9H2,1-3H3/b11-8-/t10-,12+,13+,14-/m1/s1. The Bertz CT molecular complexity index is 306. The van der Waals surface area contributed by atoms with Crippen molar-refractivity contribution in [3.63, 3.8) is 0 Å². The van der Waals surface area contributed by atoms with Gasteiger partial charge in [0.15, 0.2) is 0 Å². The number of fused-ring (bicyclic) bond motifs is 1. The van der Waals surface area contributed by atoms with E-state index < -0.39 is 0 Å². The van der Waals surface area contributed by atoms with Crippen molar-refractivity contribution >= 4 is 0 Å². The lowest BCUT2D eigenvalue weighted by Crippen LogP contribution is -2.51. The zero-order valence-corrected chi connectivity index (χ0v) is 11.3. The van der Waals surface area contributed by atoms with Crippen LogP contribution in [0.1, 0.15) is 40.0 Å². The van der Waals surface area contributed by atoms with E-state index in [1.165, 1.54) is 12.8 Å². The first-order chi connectivity index (χ1) is 8.02. The summed E-state index contributed by atoms with van der Waals surface area (Å²) in [5.41, 5.74) is 1.40. The van der Waals surface area contributed by atoms with Crippen molar-refractivity contribution in [1.82, 2.24) is 0 Å². The molecule has 0 aliphatic heterocycles. The third kappa shape index (κ3) is 2.06. The first-order valence-electron chi connectivity index (χ1n) is 6.93. The maximum atomic E-state index is 9.32. The van der Waals surface area contributed by atoms with Crippen molar-refractivity contribution in [2.24, 2.45) is 29.1 Å². The molecule has 2 saturated carbocycles. The Morgan fingerprint density at radius 1 is 1.29 bits per heavy atom. The van der Waals surface area contributed by atoms with Gasteiger partial charge in [0.05, 0.1) is 6.61 Å². The molecule has 2 N–H and O–H groups in total. The highest BCUT2D eigenvalue weighted by atomic mass is 16.3. The van der Waals surface area contributed by atoms with E-state index in [9.17, 15) is 5.11 Å². The number of allylic oxidation sites excluding steroid dienone is 1. The molecule has 2 aliphatic carbocycles. The Kier molecular flexibility index (Phi) is 3.65. The molecular formula is C15H26O2. The summed E-state index contributed by atoms with van der Waals surface area (Å²) in [4.78, 5) is 0. The molecule has 17 heavy (non-hydrogen) atoms. The second kappa shape index (κ2) is 4.74. The summed E-state index contributed by atoms with van der Waals surface area (Å²) in [6, 6.07) is 0. The Balaban J connectivity index is 2.14. The first-order valence-corrected chi connectivity index (χ1v) is 6.93. The van der Waals surface area contributed by atoms with E-state index in [2.05, 4.69) is 26.8 Å². The second-order valence-corrected chi connectivity index (χ2v) is 6.54. The van der Waals surface area contributed by atoms with Crippen LogP contribution < -0.4 is 0 Å². The largest absolute Gasteiger partial charge is 0.396 e. The fourth-order valence-electron chi connectivity index (χ4n) is 4.26. The summed E-state index contributed by atoms with van der Waals surface area (Å²) < 4.78 is 0. The van der Waals surface area contributed by atoms with Crippen LogP contribution in [-0.4, -0.2) is 23.4 Å². The van der Waals surface area contributed by atoms with E-state index in [-0.39, 0.29) is 13.2 Å². The molecule has 0 heterocycles. The van der Waals surface area contributed by atoms with Crippen LogP contribution in [0.2, 0.25) is 0 Å². The molecule has 2 heteroatoms. The molecule has 0 unspecified atom stereocenters. The molecule has 0 saturated heterocycles. The average Bonchev–Trinajstić information content (AvgIpc) is 2.64. The summed E-state index contributed by atoms with van der Waals surface area (Å²) in [6.07, 6.45) is 5.61. The molecule has 2 rings (SSSR count). The van der Waals surface area contributed by atoms with Crippen LogP contribution in [0.5, 0.6) is 0 Å². The Morgan fingerprint density at radius 3 is 2.59 bits per heavy atom. The smallest absolute Gasteiger partial charge is 0.0642 e. The first kappa shape index (κ1) is 13.1. The summed E-state index contributed by atoms with van der Waals surface area (Å²) in [7, 11) is 0. The summed E-state index contributed by atoms with van der Waals surface area (Å²) in [5.74, 6) is 3.10. The summed E-state index contributed by atoms with van der Waals surface area (Å²) in [5, 5.41) is 18.3. The molecule has 4 atom stereocenters.